The predicted octanol–water partition coefficient (Wildman–Crippen LogP) is 13.0. The first-order chi connectivity index (χ1) is 30.5. The zero-order valence-electron chi connectivity index (χ0n) is 43.3. The molecule has 4 aromatic carbocycles. The molecule has 0 aliphatic rings. The molecule has 0 atom stereocenters. The minimum absolute atomic E-state index is 0. The molecule has 0 radical (unpaired) electrons. The summed E-state index contributed by atoms with van der Waals surface area (Å²) in [4.78, 5) is 9.53. The number of para-hydroxylation sites is 1. The van der Waals surface area contributed by atoms with E-state index in [0.29, 0.717) is 50.7 Å². The van der Waals surface area contributed by atoms with Gasteiger partial charge in [-0.15, -0.1) is 17.5 Å². The van der Waals surface area contributed by atoms with Gasteiger partial charge in [-0.1, -0.05) is 148 Å². The van der Waals surface area contributed by atoms with E-state index in [0.717, 1.165) is 33.2 Å². The summed E-state index contributed by atoms with van der Waals surface area (Å²) in [6.45, 7) is 23.1. The van der Waals surface area contributed by atoms with Crippen molar-refractivity contribution < 1.29 is 38.6 Å². The van der Waals surface area contributed by atoms with Gasteiger partial charge in [0.1, 0.15) is 5.82 Å². The van der Waals surface area contributed by atoms with E-state index in [-0.39, 0.29) is 26.5 Å². The normalized spacial score (nSPS) is 14.8. The molecule has 61 heavy (non-hydrogen) atoms. The molecule has 0 fully saturated rings. The van der Waals surface area contributed by atoms with Crippen molar-refractivity contribution in [2.75, 3.05) is 0 Å². The number of hydrogen-bond donors (Lipinski definition) is 0. The van der Waals surface area contributed by atoms with Gasteiger partial charge < -0.3 is 9.30 Å². The van der Waals surface area contributed by atoms with Crippen molar-refractivity contribution >= 4 is 32.8 Å². The molecule has 0 bridgehead atoms. The molecule has 0 spiro atoms. The fourth-order valence-corrected chi connectivity index (χ4v) is 7.55. The van der Waals surface area contributed by atoms with Crippen LogP contribution in [0.25, 0.3) is 50.2 Å². The van der Waals surface area contributed by atoms with Crippen molar-refractivity contribution in [3.8, 4) is 28.8 Å². The van der Waals surface area contributed by atoms with E-state index in [1.165, 1.54) is 0 Å². The molecule has 0 amide bonds. The first kappa shape index (κ1) is 36.6. The fourth-order valence-electron chi connectivity index (χ4n) is 7.55. The molecular formula is C54H59N5OPt-2. The average molecular weight is 995 g/mol. The molecule has 0 saturated carbocycles. The summed E-state index contributed by atoms with van der Waals surface area (Å²) >= 11 is 0. The number of ether oxygens (including phenoxy) is 1. The van der Waals surface area contributed by atoms with Crippen LogP contribution >= 0.6 is 0 Å². The summed E-state index contributed by atoms with van der Waals surface area (Å²) in [5.74, 6) is 1.95. The number of rotatable bonds is 8. The van der Waals surface area contributed by atoms with Crippen molar-refractivity contribution in [2.24, 2.45) is 16.2 Å². The van der Waals surface area contributed by atoms with E-state index < -0.39 is 35.4 Å². The second-order valence-corrected chi connectivity index (χ2v) is 19.8. The first-order valence-corrected chi connectivity index (χ1v) is 20.7. The maximum absolute atomic E-state index is 9.33. The Morgan fingerprint density at radius 2 is 1.26 bits per heavy atom. The SMILES string of the molecule is [2H]C([2H])(c1cc(-[n+]2[c-]n(-c3[c-]c(Oc4[c-]c5c(cc4)c4ccccc4n5-c4cc(C(C)(C)C)ccn4)ccn3)c3ccc(C([2H])([2H])C(C)(C)C)cc32)cc(C([2H])([2H])C(C)(C)C)c1)C(C)(C)C.[Pt]. The van der Waals surface area contributed by atoms with Gasteiger partial charge in [0.2, 0.25) is 0 Å². The quantitative estimate of drug-likeness (QED) is 0.113. The van der Waals surface area contributed by atoms with Crippen molar-refractivity contribution in [2.45, 2.75) is 108 Å². The molecule has 318 valence electrons. The number of nitrogens with zero attached hydrogens (tertiary/aromatic N) is 5. The van der Waals surface area contributed by atoms with Gasteiger partial charge >= 0.3 is 0 Å². The number of imidazole rings is 1. The Hall–Kier alpha value is -5.06. The Bertz CT molecular complexity index is 3120. The van der Waals surface area contributed by atoms with Crippen molar-refractivity contribution in [3.63, 3.8) is 0 Å². The number of pyridine rings is 2. The smallest absolute Gasteiger partial charge is 0.269 e. The molecule has 0 N–H and O–H groups in total. The maximum atomic E-state index is 9.33. The predicted molar refractivity (Wildman–Crippen MR) is 246 cm³/mol. The molecule has 8 rings (SSSR count). The standard InChI is InChI=1S/C54H59N5O.Pt/c1-51(2,3)32-36-17-20-46-48(28-36)57(40-26-37(33-52(4,5)6)25-38(27-40)34-53(7,8)9)35-58(46)49-31-42(22-24-55-49)60-41-18-19-44-43-15-13-14-16-45(43)59(47(44)30-41)50-29-39(21-23-56-50)54(10,11)12;/h13-29H,32-34H2,1-12H3;/q-2;/i32D2,33D2,34D2;. The zero-order chi connectivity index (χ0) is 48.2. The minimum Gasteiger partial charge on any atom is -0.522 e. The van der Waals surface area contributed by atoms with Crippen LogP contribution in [0.3, 0.4) is 0 Å². The van der Waals surface area contributed by atoms with Crippen LogP contribution in [0.5, 0.6) is 11.5 Å². The van der Waals surface area contributed by atoms with Gasteiger partial charge in [0, 0.05) is 46.8 Å². The third-order valence-electron chi connectivity index (χ3n) is 9.88. The second-order valence-electron chi connectivity index (χ2n) is 19.8. The molecule has 0 aliphatic carbocycles. The summed E-state index contributed by atoms with van der Waals surface area (Å²) in [5.41, 5.74) is 3.23. The monoisotopic (exact) mass is 994 g/mol. The summed E-state index contributed by atoms with van der Waals surface area (Å²) in [6, 6.07) is 35.5. The number of aromatic nitrogens is 5. The molecule has 0 unspecified atom stereocenters. The number of fused-ring (bicyclic) bond motifs is 4. The molecule has 0 saturated heterocycles. The summed E-state index contributed by atoms with van der Waals surface area (Å²) in [7, 11) is 0. The Morgan fingerprint density at radius 3 is 1.93 bits per heavy atom. The van der Waals surface area contributed by atoms with Gasteiger partial charge in [0.25, 0.3) is 6.33 Å². The Labute approximate surface area is 385 Å². The maximum Gasteiger partial charge on any atom is 0.269 e. The molecule has 4 heterocycles. The largest absolute Gasteiger partial charge is 0.522 e. The molecule has 6 nitrogen and oxygen atoms in total. The van der Waals surface area contributed by atoms with Gasteiger partial charge in [-0.25, -0.2) is 4.98 Å². The number of hydrogen-bond acceptors (Lipinski definition) is 3. The molecule has 8 aromatic rings. The molecule has 4 aromatic heterocycles. The van der Waals surface area contributed by atoms with Crippen LogP contribution in [0.2, 0.25) is 0 Å². The van der Waals surface area contributed by atoms with Crippen LogP contribution in [0.1, 0.15) is 114 Å². The van der Waals surface area contributed by atoms with Crippen molar-refractivity contribution in [1.29, 1.82) is 0 Å². The van der Waals surface area contributed by atoms with Crippen LogP contribution in [-0.4, -0.2) is 19.1 Å². The minimum atomic E-state index is -1.86. The molecule has 0 aliphatic heterocycles. The Balaban J connectivity index is 0.00000666. The number of benzene rings is 4. The second kappa shape index (κ2) is 16.3. The first-order valence-electron chi connectivity index (χ1n) is 23.7. The Kier molecular flexibility index (Phi) is 9.79. The van der Waals surface area contributed by atoms with Crippen LogP contribution in [-0.2, 0) is 45.6 Å². The van der Waals surface area contributed by atoms with Gasteiger partial charge in [-0.2, -0.15) is 18.2 Å². The van der Waals surface area contributed by atoms with Gasteiger partial charge in [-0.05, 0) is 93.9 Å². The van der Waals surface area contributed by atoms with Crippen molar-refractivity contribution in [3.05, 3.63) is 144 Å². The third-order valence-corrected chi connectivity index (χ3v) is 9.88. The molecule has 7 heteroatoms. The third kappa shape index (κ3) is 9.86. The summed E-state index contributed by atoms with van der Waals surface area (Å²) in [6.07, 6.45) is 1.46. The van der Waals surface area contributed by atoms with E-state index in [9.17, 15) is 8.22 Å². The van der Waals surface area contributed by atoms with Gasteiger partial charge in [-0.3, -0.25) is 14.1 Å². The van der Waals surface area contributed by atoms with E-state index in [2.05, 4.69) is 68.1 Å². The van der Waals surface area contributed by atoms with Gasteiger partial charge in [0.05, 0.1) is 22.5 Å². The molecular weight excluding hydrogens is 930 g/mol. The van der Waals surface area contributed by atoms with Crippen molar-refractivity contribution in [1.82, 2.24) is 19.1 Å². The average Bonchev–Trinajstić information content (AvgIpc) is 3.78. The van der Waals surface area contributed by atoms with E-state index in [1.54, 1.807) is 51.7 Å². The van der Waals surface area contributed by atoms with Crippen LogP contribution in [0.15, 0.2) is 103 Å². The zero-order valence-corrected chi connectivity index (χ0v) is 39.5. The van der Waals surface area contributed by atoms with Crippen LogP contribution in [0.4, 0.5) is 0 Å². The van der Waals surface area contributed by atoms with E-state index >= 15 is 0 Å². The van der Waals surface area contributed by atoms with E-state index in [4.69, 9.17) is 14.7 Å². The van der Waals surface area contributed by atoms with E-state index in [1.807, 2.05) is 98.8 Å². The topological polar surface area (TPSA) is 48.8 Å². The van der Waals surface area contributed by atoms with Crippen LogP contribution in [0, 0.1) is 34.7 Å². The fraction of sp³-hybridized carbons (Fsp3) is 0.352. The summed E-state index contributed by atoms with van der Waals surface area (Å²) in [5, 5.41) is 2.08. The summed E-state index contributed by atoms with van der Waals surface area (Å²) < 4.78 is 67.9. The van der Waals surface area contributed by atoms with Crippen LogP contribution < -0.4 is 9.30 Å². The van der Waals surface area contributed by atoms with Gasteiger partial charge in [0.15, 0.2) is 0 Å². The Morgan fingerprint density at radius 1 is 0.623 bits per heavy atom.